The van der Waals surface area contributed by atoms with Crippen molar-refractivity contribution in [3.8, 4) is 0 Å². The molecule has 1 aromatic carbocycles. The minimum Gasteiger partial charge on any atom is -0.462 e. The summed E-state index contributed by atoms with van der Waals surface area (Å²) in [4.78, 5) is 23.7. The van der Waals surface area contributed by atoms with Crippen LogP contribution < -0.4 is 5.63 Å². The monoisotopic (exact) mass is 318 g/mol. The Morgan fingerprint density at radius 1 is 1.32 bits per heavy atom. The fourth-order valence-electron chi connectivity index (χ4n) is 1.88. The van der Waals surface area contributed by atoms with E-state index in [0.717, 1.165) is 28.9 Å². The zero-order valence-electron chi connectivity index (χ0n) is 12.5. The number of benzene rings is 1. The number of hydrogen-bond acceptors (Lipinski definition) is 5. The Hall–Kier alpha value is -2.01. The molecule has 0 unspecified atom stereocenters. The first-order valence-electron chi connectivity index (χ1n) is 7.06. The number of carbonyl (C=O) groups is 1. The SMILES string of the molecule is C=C(C)C(=O)OCCCCSc1cc(=O)oc2ccccc12. The standard InChI is InChI=1S/C17H18O4S/c1-12(2)17(19)20-9-5-6-10-22-15-11-16(18)21-14-8-4-3-7-13(14)15/h3-4,7-8,11H,1,5-6,9-10H2,2H3. The Balaban J connectivity index is 1.84. The van der Waals surface area contributed by atoms with Gasteiger partial charge in [0.2, 0.25) is 0 Å². The van der Waals surface area contributed by atoms with Crippen LogP contribution in [0.3, 0.4) is 0 Å². The Bertz CT molecular complexity index is 733. The van der Waals surface area contributed by atoms with Crippen molar-refractivity contribution in [1.29, 1.82) is 0 Å². The number of para-hydroxylation sites is 1. The van der Waals surface area contributed by atoms with Crippen LogP contribution in [-0.4, -0.2) is 18.3 Å². The molecular formula is C17H18O4S. The van der Waals surface area contributed by atoms with Crippen LogP contribution in [0.4, 0.5) is 0 Å². The molecule has 0 bridgehead atoms. The Morgan fingerprint density at radius 2 is 2.09 bits per heavy atom. The third-order valence-electron chi connectivity index (χ3n) is 2.99. The molecule has 1 aromatic heterocycles. The molecule has 2 rings (SSSR count). The lowest BCUT2D eigenvalue weighted by Gasteiger charge is -2.06. The highest BCUT2D eigenvalue weighted by molar-refractivity contribution is 7.99. The second-order valence-corrected chi connectivity index (χ2v) is 6.03. The molecule has 0 atom stereocenters. The molecule has 0 fully saturated rings. The zero-order chi connectivity index (χ0) is 15.9. The normalized spacial score (nSPS) is 10.6. The van der Waals surface area contributed by atoms with Gasteiger partial charge in [0.25, 0.3) is 0 Å². The maximum atomic E-state index is 11.5. The van der Waals surface area contributed by atoms with Crippen LogP contribution in [0.25, 0.3) is 11.0 Å². The molecule has 4 nitrogen and oxygen atoms in total. The van der Waals surface area contributed by atoms with Crippen molar-refractivity contribution in [2.24, 2.45) is 0 Å². The van der Waals surface area contributed by atoms with Gasteiger partial charge in [-0.05, 0) is 31.6 Å². The molecule has 1 heterocycles. The largest absolute Gasteiger partial charge is 0.462 e. The number of rotatable bonds is 7. The van der Waals surface area contributed by atoms with Crippen molar-refractivity contribution in [3.63, 3.8) is 0 Å². The van der Waals surface area contributed by atoms with E-state index in [1.54, 1.807) is 24.8 Å². The quantitative estimate of drug-likeness (QED) is 0.256. The minimum absolute atomic E-state index is 0.336. The van der Waals surface area contributed by atoms with Gasteiger partial charge in [0.05, 0.1) is 6.61 Å². The second kappa shape index (κ2) is 7.84. The van der Waals surface area contributed by atoms with Crippen LogP contribution in [0.1, 0.15) is 19.8 Å². The van der Waals surface area contributed by atoms with Gasteiger partial charge in [0.15, 0.2) is 0 Å². The number of hydrogen-bond donors (Lipinski definition) is 0. The van der Waals surface area contributed by atoms with Gasteiger partial charge >= 0.3 is 11.6 Å². The fourth-order valence-corrected chi connectivity index (χ4v) is 2.95. The Morgan fingerprint density at radius 3 is 2.86 bits per heavy atom. The molecule has 0 aliphatic carbocycles. The number of ether oxygens (including phenoxy) is 1. The highest BCUT2D eigenvalue weighted by Crippen LogP contribution is 2.26. The molecule has 116 valence electrons. The van der Waals surface area contributed by atoms with Gasteiger partial charge in [0, 0.05) is 21.9 Å². The summed E-state index contributed by atoms with van der Waals surface area (Å²) in [6.45, 7) is 5.55. The average molecular weight is 318 g/mol. The smallest absolute Gasteiger partial charge is 0.337 e. The van der Waals surface area contributed by atoms with E-state index < -0.39 is 0 Å². The molecule has 0 radical (unpaired) electrons. The summed E-state index contributed by atoms with van der Waals surface area (Å²) in [7, 11) is 0. The van der Waals surface area contributed by atoms with Crippen molar-refractivity contribution in [3.05, 3.63) is 52.9 Å². The number of esters is 1. The van der Waals surface area contributed by atoms with Gasteiger partial charge in [-0.25, -0.2) is 9.59 Å². The summed E-state index contributed by atoms with van der Waals surface area (Å²) in [6, 6.07) is 9.01. The van der Waals surface area contributed by atoms with Crippen LogP contribution in [-0.2, 0) is 9.53 Å². The van der Waals surface area contributed by atoms with Crippen molar-refractivity contribution < 1.29 is 13.9 Å². The predicted octanol–water partition coefficient (Wildman–Crippen LogP) is 3.78. The maximum Gasteiger partial charge on any atom is 0.337 e. The highest BCUT2D eigenvalue weighted by atomic mass is 32.2. The third-order valence-corrected chi connectivity index (χ3v) is 4.13. The van der Waals surface area contributed by atoms with E-state index in [-0.39, 0.29) is 11.6 Å². The van der Waals surface area contributed by atoms with Gasteiger partial charge in [-0.15, -0.1) is 11.8 Å². The first-order chi connectivity index (χ1) is 10.6. The van der Waals surface area contributed by atoms with E-state index in [0.29, 0.717) is 17.8 Å². The molecule has 0 saturated heterocycles. The summed E-state index contributed by atoms with van der Waals surface area (Å²) in [5.74, 6) is 0.497. The van der Waals surface area contributed by atoms with Gasteiger partial charge in [-0.1, -0.05) is 24.8 Å². The zero-order valence-corrected chi connectivity index (χ0v) is 13.3. The second-order valence-electron chi connectivity index (χ2n) is 4.90. The number of carbonyl (C=O) groups excluding carboxylic acids is 1. The molecule has 0 N–H and O–H groups in total. The Labute approximate surface area is 133 Å². The molecule has 5 heteroatoms. The van der Waals surface area contributed by atoms with Crippen molar-refractivity contribution in [1.82, 2.24) is 0 Å². The van der Waals surface area contributed by atoms with E-state index in [1.165, 1.54) is 6.07 Å². The van der Waals surface area contributed by atoms with Gasteiger partial charge in [-0.2, -0.15) is 0 Å². The molecule has 0 aliphatic rings. The van der Waals surface area contributed by atoms with Crippen LogP contribution >= 0.6 is 11.8 Å². The molecule has 0 aliphatic heterocycles. The number of thioether (sulfide) groups is 1. The number of unbranched alkanes of at least 4 members (excludes halogenated alkanes) is 1. The minimum atomic E-state index is -0.348. The maximum absolute atomic E-state index is 11.5. The van der Waals surface area contributed by atoms with Crippen LogP contribution in [0.5, 0.6) is 0 Å². The first kappa shape index (κ1) is 16.4. The van der Waals surface area contributed by atoms with E-state index in [1.807, 2.05) is 18.2 Å². The van der Waals surface area contributed by atoms with Crippen LogP contribution in [0.15, 0.2) is 56.6 Å². The van der Waals surface area contributed by atoms with Gasteiger partial charge in [-0.3, -0.25) is 0 Å². The summed E-state index contributed by atoms with van der Waals surface area (Å²) in [6.07, 6.45) is 1.67. The highest BCUT2D eigenvalue weighted by Gasteiger charge is 2.06. The summed E-state index contributed by atoms with van der Waals surface area (Å²) in [5, 5.41) is 0.945. The summed E-state index contributed by atoms with van der Waals surface area (Å²) in [5.41, 5.74) is 0.682. The lowest BCUT2D eigenvalue weighted by molar-refractivity contribution is -0.139. The molecule has 22 heavy (non-hydrogen) atoms. The molecule has 0 saturated carbocycles. The predicted molar refractivity (Wildman–Crippen MR) is 88.2 cm³/mol. The van der Waals surface area contributed by atoms with Gasteiger partial charge < -0.3 is 9.15 Å². The van der Waals surface area contributed by atoms with Gasteiger partial charge in [0.1, 0.15) is 5.58 Å². The summed E-state index contributed by atoms with van der Waals surface area (Å²) < 4.78 is 10.2. The van der Waals surface area contributed by atoms with E-state index in [9.17, 15) is 9.59 Å². The lowest BCUT2D eigenvalue weighted by atomic mass is 10.2. The van der Waals surface area contributed by atoms with Crippen molar-refractivity contribution >= 4 is 28.7 Å². The summed E-state index contributed by atoms with van der Waals surface area (Å²) >= 11 is 1.61. The molecule has 0 spiro atoms. The fraction of sp³-hybridized carbons (Fsp3) is 0.294. The van der Waals surface area contributed by atoms with E-state index in [2.05, 4.69) is 6.58 Å². The lowest BCUT2D eigenvalue weighted by Crippen LogP contribution is -2.06. The van der Waals surface area contributed by atoms with Crippen LogP contribution in [0.2, 0.25) is 0 Å². The number of fused-ring (bicyclic) bond motifs is 1. The third kappa shape index (κ3) is 4.49. The first-order valence-corrected chi connectivity index (χ1v) is 8.05. The molecular weight excluding hydrogens is 300 g/mol. The molecule has 0 amide bonds. The van der Waals surface area contributed by atoms with E-state index in [4.69, 9.17) is 9.15 Å². The van der Waals surface area contributed by atoms with Crippen LogP contribution in [0, 0.1) is 0 Å². The van der Waals surface area contributed by atoms with E-state index >= 15 is 0 Å². The van der Waals surface area contributed by atoms with Crippen molar-refractivity contribution in [2.75, 3.05) is 12.4 Å². The topological polar surface area (TPSA) is 56.5 Å². The van der Waals surface area contributed by atoms with Crippen molar-refractivity contribution in [2.45, 2.75) is 24.7 Å². The average Bonchev–Trinajstić information content (AvgIpc) is 2.49. The molecule has 2 aromatic rings. The Kier molecular flexibility index (Phi) is 5.83.